The summed E-state index contributed by atoms with van der Waals surface area (Å²) in [6, 6.07) is 7.19. The molecule has 0 bridgehead atoms. The predicted octanol–water partition coefficient (Wildman–Crippen LogP) is 3.22. The van der Waals surface area contributed by atoms with Gasteiger partial charge in [0.25, 0.3) is 0 Å². The first-order valence-corrected chi connectivity index (χ1v) is 9.60. The van der Waals surface area contributed by atoms with Crippen molar-refractivity contribution in [3.05, 3.63) is 53.4 Å². The third-order valence-electron chi connectivity index (χ3n) is 5.37. The molecule has 2 aromatic heterocycles. The summed E-state index contributed by atoms with van der Waals surface area (Å²) in [6.45, 7) is 7.69. The Bertz CT molecular complexity index is 962. The van der Waals surface area contributed by atoms with Crippen molar-refractivity contribution in [3.8, 4) is 17.0 Å². The van der Waals surface area contributed by atoms with E-state index in [4.69, 9.17) is 9.26 Å². The molecule has 1 fully saturated rings. The molecule has 152 valence electrons. The number of nitrogens with zero attached hydrogens (tertiary/aromatic N) is 5. The second-order valence-electron chi connectivity index (χ2n) is 7.15. The first-order chi connectivity index (χ1) is 14.1. The highest BCUT2D eigenvalue weighted by Crippen LogP contribution is 2.28. The first kappa shape index (κ1) is 19.3. The van der Waals surface area contributed by atoms with Gasteiger partial charge in [0.1, 0.15) is 23.5 Å². The van der Waals surface area contributed by atoms with E-state index in [0.717, 1.165) is 42.4 Å². The molecule has 0 radical (unpaired) electrons. The minimum absolute atomic E-state index is 0.302. The molecule has 1 aliphatic heterocycles. The second-order valence-corrected chi connectivity index (χ2v) is 7.15. The Hall–Kier alpha value is -3.00. The maximum absolute atomic E-state index is 15.2. The highest BCUT2D eigenvalue weighted by molar-refractivity contribution is 5.64. The summed E-state index contributed by atoms with van der Waals surface area (Å²) in [5.74, 6) is 1.54. The van der Waals surface area contributed by atoms with Crippen LogP contribution in [0.15, 0.2) is 35.1 Å². The van der Waals surface area contributed by atoms with Gasteiger partial charge >= 0.3 is 0 Å². The lowest BCUT2D eigenvalue weighted by molar-refractivity contribution is 0.246. The second kappa shape index (κ2) is 8.16. The van der Waals surface area contributed by atoms with Crippen molar-refractivity contribution in [2.75, 3.05) is 38.2 Å². The van der Waals surface area contributed by atoms with Crippen LogP contribution in [0.1, 0.15) is 17.0 Å². The van der Waals surface area contributed by atoms with Gasteiger partial charge in [-0.3, -0.25) is 4.90 Å². The molecule has 0 spiro atoms. The van der Waals surface area contributed by atoms with E-state index in [0.29, 0.717) is 30.2 Å². The summed E-state index contributed by atoms with van der Waals surface area (Å²) >= 11 is 0. The van der Waals surface area contributed by atoms with E-state index in [2.05, 4.69) is 20.0 Å². The quantitative estimate of drug-likeness (QED) is 0.655. The Kier molecular flexibility index (Phi) is 5.44. The molecule has 8 heteroatoms. The molecule has 1 saturated heterocycles. The molecular formula is C21H24FN5O2. The Morgan fingerprint density at radius 3 is 2.41 bits per heavy atom. The van der Waals surface area contributed by atoms with Gasteiger partial charge in [0.15, 0.2) is 11.6 Å². The van der Waals surface area contributed by atoms with Crippen LogP contribution in [0.4, 0.5) is 10.2 Å². The van der Waals surface area contributed by atoms with Crippen LogP contribution in [-0.2, 0) is 6.54 Å². The SMILES string of the molecule is COc1ccc(-c2ncnc(N3CCN(Cc4c(C)noc4C)CC3)c2F)cc1. The van der Waals surface area contributed by atoms with Crippen molar-refractivity contribution >= 4 is 5.82 Å². The van der Waals surface area contributed by atoms with Crippen LogP contribution >= 0.6 is 0 Å². The van der Waals surface area contributed by atoms with E-state index in [1.165, 1.54) is 6.33 Å². The minimum Gasteiger partial charge on any atom is -0.497 e. The summed E-state index contributed by atoms with van der Waals surface area (Å²) in [6.07, 6.45) is 1.42. The lowest BCUT2D eigenvalue weighted by atomic mass is 10.1. The molecule has 1 aromatic carbocycles. The first-order valence-electron chi connectivity index (χ1n) is 9.60. The van der Waals surface area contributed by atoms with Gasteiger partial charge in [0, 0.05) is 43.9 Å². The maximum atomic E-state index is 15.2. The van der Waals surface area contributed by atoms with Gasteiger partial charge < -0.3 is 14.2 Å². The third kappa shape index (κ3) is 3.93. The van der Waals surface area contributed by atoms with Gasteiger partial charge in [0.05, 0.1) is 12.8 Å². The van der Waals surface area contributed by atoms with Gasteiger partial charge in [-0.2, -0.15) is 0 Å². The summed E-state index contributed by atoms with van der Waals surface area (Å²) in [4.78, 5) is 12.7. The van der Waals surface area contributed by atoms with Crippen molar-refractivity contribution in [2.24, 2.45) is 0 Å². The molecule has 0 N–H and O–H groups in total. The van der Waals surface area contributed by atoms with Crippen molar-refractivity contribution < 1.29 is 13.7 Å². The Morgan fingerprint density at radius 1 is 1.07 bits per heavy atom. The van der Waals surface area contributed by atoms with Crippen molar-refractivity contribution in [3.63, 3.8) is 0 Å². The largest absolute Gasteiger partial charge is 0.497 e. The fraction of sp³-hybridized carbons (Fsp3) is 0.381. The Morgan fingerprint density at radius 2 is 1.79 bits per heavy atom. The van der Waals surface area contributed by atoms with E-state index in [1.807, 2.05) is 18.7 Å². The van der Waals surface area contributed by atoms with Crippen LogP contribution < -0.4 is 9.64 Å². The summed E-state index contributed by atoms with van der Waals surface area (Å²) in [5.41, 5.74) is 3.06. The number of piperazine rings is 1. The molecule has 0 amide bonds. The predicted molar refractivity (Wildman–Crippen MR) is 107 cm³/mol. The molecule has 0 unspecified atom stereocenters. The number of hydrogen-bond donors (Lipinski definition) is 0. The minimum atomic E-state index is -0.392. The summed E-state index contributed by atoms with van der Waals surface area (Å²) < 4.78 is 25.6. The molecular weight excluding hydrogens is 373 g/mol. The fourth-order valence-electron chi connectivity index (χ4n) is 3.60. The van der Waals surface area contributed by atoms with E-state index in [1.54, 1.807) is 31.4 Å². The summed E-state index contributed by atoms with van der Waals surface area (Å²) in [5, 5.41) is 4.02. The number of hydrogen-bond acceptors (Lipinski definition) is 7. The third-order valence-corrected chi connectivity index (χ3v) is 5.37. The van der Waals surface area contributed by atoms with Crippen LogP contribution in [0.5, 0.6) is 5.75 Å². The van der Waals surface area contributed by atoms with Crippen LogP contribution in [0.2, 0.25) is 0 Å². The van der Waals surface area contributed by atoms with Gasteiger partial charge in [-0.15, -0.1) is 0 Å². The number of methoxy groups -OCH3 is 1. The lowest BCUT2D eigenvalue weighted by Gasteiger charge is -2.35. The molecule has 3 heterocycles. The zero-order valence-corrected chi connectivity index (χ0v) is 16.9. The van der Waals surface area contributed by atoms with Crippen molar-refractivity contribution in [1.82, 2.24) is 20.0 Å². The standard InChI is InChI=1S/C21H24FN5O2/c1-14-18(15(2)29-25-14)12-26-8-10-27(11-9-26)21-19(22)20(23-13-24-21)16-4-6-17(28-3)7-5-16/h4-7,13H,8-12H2,1-3H3. The van der Waals surface area contributed by atoms with Crippen LogP contribution in [0.3, 0.4) is 0 Å². The van der Waals surface area contributed by atoms with Gasteiger partial charge in [-0.1, -0.05) is 5.16 Å². The molecule has 1 aliphatic rings. The zero-order chi connectivity index (χ0) is 20.4. The highest BCUT2D eigenvalue weighted by atomic mass is 19.1. The number of anilines is 1. The molecule has 7 nitrogen and oxygen atoms in total. The van der Waals surface area contributed by atoms with E-state index >= 15 is 4.39 Å². The van der Waals surface area contributed by atoms with E-state index < -0.39 is 5.82 Å². The average Bonchev–Trinajstić information content (AvgIpc) is 3.07. The van der Waals surface area contributed by atoms with Crippen LogP contribution in [0.25, 0.3) is 11.3 Å². The number of benzene rings is 1. The average molecular weight is 397 g/mol. The highest BCUT2D eigenvalue weighted by Gasteiger charge is 2.24. The van der Waals surface area contributed by atoms with E-state index in [9.17, 15) is 0 Å². The zero-order valence-electron chi connectivity index (χ0n) is 16.9. The van der Waals surface area contributed by atoms with Crippen molar-refractivity contribution in [2.45, 2.75) is 20.4 Å². The topological polar surface area (TPSA) is 67.5 Å². The number of rotatable bonds is 5. The summed E-state index contributed by atoms with van der Waals surface area (Å²) in [7, 11) is 1.60. The van der Waals surface area contributed by atoms with Gasteiger partial charge in [-0.05, 0) is 38.1 Å². The number of aryl methyl sites for hydroxylation is 2. The number of halogens is 1. The number of ether oxygens (including phenoxy) is 1. The normalized spacial score (nSPS) is 15.0. The molecule has 0 aliphatic carbocycles. The smallest absolute Gasteiger partial charge is 0.191 e. The van der Waals surface area contributed by atoms with E-state index in [-0.39, 0.29) is 0 Å². The van der Waals surface area contributed by atoms with Crippen molar-refractivity contribution in [1.29, 1.82) is 0 Å². The lowest BCUT2D eigenvalue weighted by Crippen LogP contribution is -2.46. The van der Waals surface area contributed by atoms with Gasteiger partial charge in [0.2, 0.25) is 0 Å². The van der Waals surface area contributed by atoms with Crippen LogP contribution in [0, 0.1) is 19.7 Å². The molecule has 0 atom stereocenters. The fourth-order valence-corrected chi connectivity index (χ4v) is 3.60. The monoisotopic (exact) mass is 397 g/mol. The Balaban J connectivity index is 1.47. The van der Waals surface area contributed by atoms with Crippen LogP contribution in [-0.4, -0.2) is 53.3 Å². The molecule has 0 saturated carbocycles. The molecule has 3 aromatic rings. The van der Waals surface area contributed by atoms with Gasteiger partial charge in [-0.25, -0.2) is 14.4 Å². The molecule has 29 heavy (non-hydrogen) atoms. The maximum Gasteiger partial charge on any atom is 0.191 e. The Labute approximate surface area is 169 Å². The number of aromatic nitrogens is 3. The molecule has 4 rings (SSSR count).